The van der Waals surface area contributed by atoms with Crippen molar-refractivity contribution in [3.63, 3.8) is 0 Å². The Morgan fingerprint density at radius 1 is 1.04 bits per heavy atom. The molecule has 138 valence electrons. The molecule has 3 aromatic carbocycles. The topological polar surface area (TPSA) is 39.2 Å². The average molecular weight is 432 g/mol. The summed E-state index contributed by atoms with van der Waals surface area (Å²) in [7, 11) is 0. The van der Waals surface area contributed by atoms with Gasteiger partial charge in [0.1, 0.15) is 0 Å². The molecule has 1 aliphatic rings. The zero-order valence-electron chi connectivity index (χ0n) is 15.5. The fraction of sp³-hybridized carbons (Fsp3) is 0.167. The number of fused-ring (bicyclic) bond motifs is 1. The van der Waals surface area contributed by atoms with Crippen LogP contribution in [0.4, 0.5) is 0 Å². The van der Waals surface area contributed by atoms with E-state index in [1.807, 2.05) is 31.2 Å². The van der Waals surface area contributed by atoms with E-state index in [0.717, 1.165) is 39.5 Å². The smallest absolute Gasteiger partial charge is 0.338 e. The Balaban J connectivity index is 1.80. The number of hydrogen-bond donors (Lipinski definition) is 0. The Bertz CT molecular complexity index is 1250. The molecule has 0 bridgehead atoms. The van der Waals surface area contributed by atoms with E-state index in [1.165, 1.54) is 21.9 Å². The number of aryl methyl sites for hydroxylation is 2. The molecule has 0 N–H and O–H groups in total. The molecule has 4 aromatic rings. The highest BCUT2D eigenvalue weighted by Gasteiger charge is 2.19. The van der Waals surface area contributed by atoms with Crippen LogP contribution in [0.2, 0.25) is 0 Å². The minimum atomic E-state index is -0.319. The van der Waals surface area contributed by atoms with Crippen LogP contribution in [-0.4, -0.2) is 17.6 Å². The van der Waals surface area contributed by atoms with Crippen LogP contribution < -0.4 is 0 Å². The van der Waals surface area contributed by atoms with Gasteiger partial charge in [-0.1, -0.05) is 46.3 Å². The molecule has 0 spiro atoms. The lowest BCUT2D eigenvalue weighted by molar-refractivity contribution is 0.0528. The fourth-order valence-electron chi connectivity index (χ4n) is 4.18. The zero-order valence-corrected chi connectivity index (χ0v) is 17.0. The summed E-state index contributed by atoms with van der Waals surface area (Å²) in [5, 5.41) is 3.34. The van der Waals surface area contributed by atoms with E-state index in [1.54, 1.807) is 0 Å². The van der Waals surface area contributed by atoms with Gasteiger partial charge >= 0.3 is 5.97 Å². The average Bonchev–Trinajstić information content (AvgIpc) is 3.13. The van der Waals surface area contributed by atoms with Crippen LogP contribution in [0.25, 0.3) is 32.9 Å². The number of halogens is 1. The van der Waals surface area contributed by atoms with Crippen molar-refractivity contribution in [3.05, 3.63) is 75.8 Å². The van der Waals surface area contributed by atoms with Crippen LogP contribution in [0.1, 0.15) is 28.4 Å². The fourth-order valence-corrected chi connectivity index (χ4v) is 4.54. The van der Waals surface area contributed by atoms with Gasteiger partial charge in [-0.15, -0.1) is 0 Å². The molecular weight excluding hydrogens is 414 g/mol. The zero-order chi connectivity index (χ0) is 19.3. The van der Waals surface area contributed by atoms with Crippen molar-refractivity contribution in [1.82, 2.24) is 4.98 Å². The van der Waals surface area contributed by atoms with Gasteiger partial charge in [0, 0.05) is 15.4 Å². The first-order valence-corrected chi connectivity index (χ1v) is 10.3. The third kappa shape index (κ3) is 2.71. The van der Waals surface area contributed by atoms with Crippen molar-refractivity contribution in [2.45, 2.75) is 19.8 Å². The second-order valence-corrected chi connectivity index (χ2v) is 7.96. The molecule has 0 unspecified atom stereocenters. The monoisotopic (exact) mass is 431 g/mol. The molecule has 1 heterocycles. The number of aromatic nitrogens is 1. The maximum atomic E-state index is 12.7. The van der Waals surface area contributed by atoms with E-state index >= 15 is 0 Å². The van der Waals surface area contributed by atoms with E-state index in [-0.39, 0.29) is 5.97 Å². The van der Waals surface area contributed by atoms with Crippen LogP contribution in [0.5, 0.6) is 0 Å². The van der Waals surface area contributed by atoms with Gasteiger partial charge in [0.2, 0.25) is 0 Å². The standard InChI is InChI=1S/C24H18BrNO2/c1-2-28-24(27)20-13-22(26-21-11-9-16(25)12-19(20)21)17-10-8-15-7-6-14-4-3-5-18(17)23(14)15/h3-5,8-13H,2,6-7H2,1H3. The van der Waals surface area contributed by atoms with Crippen molar-refractivity contribution >= 4 is 43.6 Å². The summed E-state index contributed by atoms with van der Waals surface area (Å²) >= 11 is 3.49. The molecule has 5 rings (SSSR count). The lowest BCUT2D eigenvalue weighted by Gasteiger charge is -2.12. The molecule has 3 nitrogen and oxygen atoms in total. The van der Waals surface area contributed by atoms with Crippen LogP contribution >= 0.6 is 15.9 Å². The molecule has 0 aliphatic heterocycles. The predicted octanol–water partition coefficient (Wildman–Crippen LogP) is 6.09. The Kier molecular flexibility index (Phi) is 4.17. The molecular formula is C24H18BrNO2. The quantitative estimate of drug-likeness (QED) is 0.368. The Morgan fingerprint density at radius 2 is 1.86 bits per heavy atom. The van der Waals surface area contributed by atoms with Gasteiger partial charge < -0.3 is 4.74 Å². The Labute approximate surface area is 171 Å². The first-order valence-electron chi connectivity index (χ1n) is 9.47. The van der Waals surface area contributed by atoms with Gasteiger partial charge in [0.25, 0.3) is 0 Å². The first kappa shape index (κ1) is 17.4. The molecule has 0 saturated heterocycles. The van der Waals surface area contributed by atoms with Gasteiger partial charge in [-0.3, -0.25) is 0 Å². The maximum Gasteiger partial charge on any atom is 0.338 e. The van der Waals surface area contributed by atoms with E-state index in [0.29, 0.717) is 12.2 Å². The second kappa shape index (κ2) is 6.71. The van der Waals surface area contributed by atoms with Crippen molar-refractivity contribution in [1.29, 1.82) is 0 Å². The SMILES string of the molecule is CCOC(=O)c1cc(-c2ccc3c4c(cccc24)CC3)nc2ccc(Br)cc12. The van der Waals surface area contributed by atoms with Gasteiger partial charge in [0.05, 0.1) is 23.4 Å². The summed E-state index contributed by atoms with van der Waals surface area (Å²) in [4.78, 5) is 17.6. The minimum Gasteiger partial charge on any atom is -0.462 e. The number of carbonyl (C=O) groups is 1. The van der Waals surface area contributed by atoms with Gasteiger partial charge in [0.15, 0.2) is 0 Å². The summed E-state index contributed by atoms with van der Waals surface area (Å²) in [6.07, 6.45) is 2.17. The number of ether oxygens (including phenoxy) is 1. The number of hydrogen-bond acceptors (Lipinski definition) is 3. The van der Waals surface area contributed by atoms with Gasteiger partial charge in [-0.2, -0.15) is 0 Å². The summed E-state index contributed by atoms with van der Waals surface area (Å²) < 4.78 is 6.23. The van der Waals surface area contributed by atoms with Crippen LogP contribution in [0.15, 0.2) is 59.1 Å². The highest BCUT2D eigenvalue weighted by molar-refractivity contribution is 9.10. The molecule has 0 saturated carbocycles. The molecule has 28 heavy (non-hydrogen) atoms. The van der Waals surface area contributed by atoms with Crippen molar-refractivity contribution < 1.29 is 9.53 Å². The number of pyridine rings is 1. The minimum absolute atomic E-state index is 0.319. The van der Waals surface area contributed by atoms with Crippen LogP contribution in [-0.2, 0) is 17.6 Å². The normalized spacial score (nSPS) is 12.6. The van der Waals surface area contributed by atoms with Gasteiger partial charge in [-0.05, 0) is 65.9 Å². The summed E-state index contributed by atoms with van der Waals surface area (Å²) in [6, 6.07) is 18.5. The van der Waals surface area contributed by atoms with Crippen LogP contribution in [0.3, 0.4) is 0 Å². The first-order chi connectivity index (χ1) is 13.7. The van der Waals surface area contributed by atoms with Crippen molar-refractivity contribution in [2.24, 2.45) is 0 Å². The lowest BCUT2D eigenvalue weighted by atomic mass is 9.96. The Morgan fingerprint density at radius 3 is 2.68 bits per heavy atom. The molecule has 4 heteroatoms. The van der Waals surface area contributed by atoms with E-state index in [2.05, 4.69) is 46.3 Å². The molecule has 1 aliphatic carbocycles. The number of rotatable bonds is 3. The Hall–Kier alpha value is -2.72. The second-order valence-electron chi connectivity index (χ2n) is 7.05. The molecule has 0 radical (unpaired) electrons. The third-order valence-electron chi connectivity index (χ3n) is 5.42. The predicted molar refractivity (Wildman–Crippen MR) is 116 cm³/mol. The molecule has 1 aromatic heterocycles. The van der Waals surface area contributed by atoms with Gasteiger partial charge in [-0.25, -0.2) is 9.78 Å². The largest absolute Gasteiger partial charge is 0.462 e. The summed E-state index contributed by atoms with van der Waals surface area (Å²) in [6.45, 7) is 2.16. The van der Waals surface area contributed by atoms with Crippen LogP contribution in [0, 0.1) is 0 Å². The number of esters is 1. The number of nitrogens with zero attached hydrogens (tertiary/aromatic N) is 1. The van der Waals surface area contributed by atoms with Crippen molar-refractivity contribution in [3.8, 4) is 11.3 Å². The summed E-state index contributed by atoms with van der Waals surface area (Å²) in [5.41, 5.74) is 5.97. The maximum absolute atomic E-state index is 12.7. The van der Waals surface area contributed by atoms with E-state index < -0.39 is 0 Å². The molecule has 0 atom stereocenters. The number of benzene rings is 3. The highest BCUT2D eigenvalue weighted by Crippen LogP contribution is 2.37. The van der Waals surface area contributed by atoms with E-state index in [9.17, 15) is 4.79 Å². The van der Waals surface area contributed by atoms with Crippen molar-refractivity contribution in [2.75, 3.05) is 6.61 Å². The molecule has 0 fully saturated rings. The summed E-state index contributed by atoms with van der Waals surface area (Å²) in [5.74, 6) is -0.319. The highest BCUT2D eigenvalue weighted by atomic mass is 79.9. The number of carbonyl (C=O) groups excluding carboxylic acids is 1. The van der Waals surface area contributed by atoms with E-state index in [4.69, 9.17) is 9.72 Å². The lowest BCUT2D eigenvalue weighted by Crippen LogP contribution is -2.06. The third-order valence-corrected chi connectivity index (χ3v) is 5.91. The molecule has 0 amide bonds.